The molecule has 1 aromatic carbocycles. The molecule has 0 aliphatic heterocycles. The van der Waals surface area contributed by atoms with Crippen LogP contribution < -0.4 is 5.48 Å². The van der Waals surface area contributed by atoms with Crippen LogP contribution in [0.1, 0.15) is 29.9 Å². The van der Waals surface area contributed by atoms with Gasteiger partial charge in [-0.2, -0.15) is 0 Å². The second kappa shape index (κ2) is 3.25. The topological polar surface area (TPSA) is 32.3 Å². The van der Waals surface area contributed by atoms with Gasteiger partial charge < -0.3 is 5.21 Å². The monoisotopic (exact) mass is 163 g/mol. The van der Waals surface area contributed by atoms with Gasteiger partial charge in [0, 0.05) is 6.54 Å². The van der Waals surface area contributed by atoms with Gasteiger partial charge in [0.2, 0.25) is 0 Å². The summed E-state index contributed by atoms with van der Waals surface area (Å²) in [5.41, 5.74) is 4.83. The number of hydrogen-bond acceptors (Lipinski definition) is 2. The van der Waals surface area contributed by atoms with Gasteiger partial charge in [-0.05, 0) is 29.9 Å². The Balaban J connectivity index is 2.24. The van der Waals surface area contributed by atoms with E-state index in [1.807, 2.05) is 6.07 Å². The lowest BCUT2D eigenvalue weighted by atomic mass is 10.0. The van der Waals surface area contributed by atoms with Crippen LogP contribution in [0, 0.1) is 0 Å². The number of rotatable bonds is 3. The highest BCUT2D eigenvalue weighted by Crippen LogP contribution is 2.41. The van der Waals surface area contributed by atoms with Gasteiger partial charge in [-0.1, -0.05) is 24.3 Å². The van der Waals surface area contributed by atoms with E-state index in [0.717, 1.165) is 5.92 Å². The number of hydroxylamine groups is 1. The first kappa shape index (κ1) is 7.77. The van der Waals surface area contributed by atoms with Crippen LogP contribution in [0.5, 0.6) is 0 Å². The molecule has 0 atom stereocenters. The molecule has 1 aromatic rings. The first-order chi connectivity index (χ1) is 5.92. The molecule has 0 radical (unpaired) electrons. The van der Waals surface area contributed by atoms with Gasteiger partial charge >= 0.3 is 0 Å². The maximum atomic E-state index is 8.60. The molecule has 0 aromatic heterocycles. The van der Waals surface area contributed by atoms with E-state index in [-0.39, 0.29) is 0 Å². The smallest absolute Gasteiger partial charge is 0.0460 e. The lowest BCUT2D eigenvalue weighted by molar-refractivity contribution is 0.161. The summed E-state index contributed by atoms with van der Waals surface area (Å²) in [6, 6.07) is 8.30. The van der Waals surface area contributed by atoms with Crippen LogP contribution in [0.2, 0.25) is 0 Å². The van der Waals surface area contributed by atoms with Crippen molar-refractivity contribution in [2.45, 2.75) is 25.3 Å². The standard InChI is InChI=1S/C10H13NO/c12-11-7-9-3-1-2-4-10(9)8-5-6-8/h1-4,8,11-12H,5-7H2. The van der Waals surface area contributed by atoms with Gasteiger partial charge in [0.1, 0.15) is 0 Å². The van der Waals surface area contributed by atoms with E-state index < -0.39 is 0 Å². The van der Waals surface area contributed by atoms with E-state index in [2.05, 4.69) is 23.7 Å². The highest BCUT2D eigenvalue weighted by molar-refractivity contribution is 5.32. The van der Waals surface area contributed by atoms with Crippen molar-refractivity contribution >= 4 is 0 Å². The minimum atomic E-state index is 0.562. The van der Waals surface area contributed by atoms with Crippen LogP contribution >= 0.6 is 0 Å². The predicted octanol–water partition coefficient (Wildman–Crippen LogP) is 2.04. The maximum Gasteiger partial charge on any atom is 0.0460 e. The zero-order valence-electron chi connectivity index (χ0n) is 6.96. The Morgan fingerprint density at radius 3 is 2.75 bits per heavy atom. The maximum absolute atomic E-state index is 8.60. The van der Waals surface area contributed by atoms with Crippen LogP contribution in [0.15, 0.2) is 24.3 Å². The van der Waals surface area contributed by atoms with Crippen molar-refractivity contribution in [1.29, 1.82) is 0 Å². The summed E-state index contributed by atoms with van der Waals surface area (Å²) in [5, 5.41) is 8.60. The van der Waals surface area contributed by atoms with Crippen LogP contribution in [0.4, 0.5) is 0 Å². The first-order valence-corrected chi connectivity index (χ1v) is 4.36. The molecular weight excluding hydrogens is 150 g/mol. The van der Waals surface area contributed by atoms with Gasteiger partial charge in [0.05, 0.1) is 0 Å². The first-order valence-electron chi connectivity index (χ1n) is 4.36. The van der Waals surface area contributed by atoms with Crippen molar-refractivity contribution in [2.24, 2.45) is 0 Å². The Morgan fingerprint density at radius 1 is 1.33 bits per heavy atom. The molecule has 2 rings (SSSR count). The van der Waals surface area contributed by atoms with Crippen molar-refractivity contribution in [3.8, 4) is 0 Å². The number of benzene rings is 1. The molecule has 0 unspecified atom stereocenters. The molecule has 0 saturated heterocycles. The summed E-state index contributed by atoms with van der Waals surface area (Å²) in [5.74, 6) is 0.759. The Labute approximate surface area is 72.2 Å². The average Bonchev–Trinajstić information content (AvgIpc) is 2.89. The van der Waals surface area contributed by atoms with E-state index in [1.54, 1.807) is 0 Å². The molecule has 2 nitrogen and oxygen atoms in total. The zero-order valence-corrected chi connectivity index (χ0v) is 6.96. The van der Waals surface area contributed by atoms with Gasteiger partial charge in [-0.3, -0.25) is 0 Å². The summed E-state index contributed by atoms with van der Waals surface area (Å²) in [4.78, 5) is 0. The van der Waals surface area contributed by atoms with Crippen molar-refractivity contribution < 1.29 is 5.21 Å². The molecule has 12 heavy (non-hydrogen) atoms. The molecule has 1 saturated carbocycles. The fourth-order valence-corrected chi connectivity index (χ4v) is 1.57. The molecule has 0 amide bonds. The fraction of sp³-hybridized carbons (Fsp3) is 0.400. The normalized spacial score (nSPS) is 16.4. The second-order valence-corrected chi connectivity index (χ2v) is 3.31. The molecule has 0 bridgehead atoms. The van der Waals surface area contributed by atoms with E-state index in [4.69, 9.17) is 5.21 Å². The average molecular weight is 163 g/mol. The Bertz CT molecular complexity index is 268. The van der Waals surface area contributed by atoms with Gasteiger partial charge in [0.25, 0.3) is 0 Å². The van der Waals surface area contributed by atoms with Crippen LogP contribution in [0.25, 0.3) is 0 Å². The fourth-order valence-electron chi connectivity index (χ4n) is 1.57. The van der Waals surface area contributed by atoms with E-state index in [0.29, 0.717) is 6.54 Å². The lowest BCUT2D eigenvalue weighted by Gasteiger charge is -2.06. The molecule has 0 spiro atoms. The molecular formula is C10H13NO. The molecule has 64 valence electrons. The third-order valence-electron chi connectivity index (χ3n) is 2.34. The van der Waals surface area contributed by atoms with Crippen molar-refractivity contribution in [3.63, 3.8) is 0 Å². The summed E-state index contributed by atoms with van der Waals surface area (Å²) in [6.45, 7) is 0.562. The van der Waals surface area contributed by atoms with Crippen LogP contribution in [0.3, 0.4) is 0 Å². The molecule has 2 N–H and O–H groups in total. The molecule has 1 aliphatic carbocycles. The molecule has 1 fully saturated rings. The largest absolute Gasteiger partial charge is 0.316 e. The summed E-state index contributed by atoms with van der Waals surface area (Å²) in [6.07, 6.45) is 2.62. The van der Waals surface area contributed by atoms with Crippen LogP contribution in [-0.2, 0) is 6.54 Å². The lowest BCUT2D eigenvalue weighted by Crippen LogP contribution is -2.07. The van der Waals surface area contributed by atoms with E-state index in [9.17, 15) is 0 Å². The van der Waals surface area contributed by atoms with Gasteiger partial charge in [-0.15, -0.1) is 0 Å². The zero-order chi connectivity index (χ0) is 8.39. The quantitative estimate of drug-likeness (QED) is 0.668. The molecule has 0 heterocycles. The van der Waals surface area contributed by atoms with E-state index >= 15 is 0 Å². The highest BCUT2D eigenvalue weighted by atomic mass is 16.5. The summed E-state index contributed by atoms with van der Waals surface area (Å²) >= 11 is 0. The molecule has 2 heteroatoms. The second-order valence-electron chi connectivity index (χ2n) is 3.31. The molecule has 1 aliphatic rings. The predicted molar refractivity (Wildman–Crippen MR) is 47.0 cm³/mol. The number of hydrogen-bond donors (Lipinski definition) is 2. The van der Waals surface area contributed by atoms with Crippen molar-refractivity contribution in [3.05, 3.63) is 35.4 Å². The summed E-state index contributed by atoms with van der Waals surface area (Å²) < 4.78 is 0. The summed E-state index contributed by atoms with van der Waals surface area (Å²) in [7, 11) is 0. The van der Waals surface area contributed by atoms with Gasteiger partial charge in [0.15, 0.2) is 0 Å². The SMILES string of the molecule is ONCc1ccccc1C1CC1. The van der Waals surface area contributed by atoms with Crippen LogP contribution in [-0.4, -0.2) is 5.21 Å². The number of nitrogens with one attached hydrogen (secondary N) is 1. The van der Waals surface area contributed by atoms with Gasteiger partial charge in [-0.25, -0.2) is 5.48 Å². The minimum absolute atomic E-state index is 0.562. The van der Waals surface area contributed by atoms with E-state index in [1.165, 1.54) is 24.0 Å². The Hall–Kier alpha value is -0.860. The third kappa shape index (κ3) is 1.49. The van der Waals surface area contributed by atoms with Crippen molar-refractivity contribution in [2.75, 3.05) is 0 Å². The third-order valence-corrected chi connectivity index (χ3v) is 2.34. The Morgan fingerprint density at radius 2 is 2.08 bits per heavy atom. The Kier molecular flexibility index (Phi) is 2.11. The minimum Gasteiger partial charge on any atom is -0.316 e. The highest BCUT2D eigenvalue weighted by Gasteiger charge is 2.25. The van der Waals surface area contributed by atoms with Crippen molar-refractivity contribution in [1.82, 2.24) is 5.48 Å².